The molecule has 16 heavy (non-hydrogen) atoms. The van der Waals surface area contributed by atoms with Gasteiger partial charge in [0, 0.05) is 11.0 Å². The first kappa shape index (κ1) is 14.3. The Morgan fingerprint density at radius 2 is 1.94 bits per heavy atom. The van der Waals surface area contributed by atoms with Crippen LogP contribution in [0.15, 0.2) is 8.97 Å². The molecule has 3 atom stereocenters. The normalized spacial score (nSPS) is 34.6. The molecule has 1 rings (SSSR count). The molecule has 0 amide bonds. The van der Waals surface area contributed by atoms with Gasteiger partial charge in [0.2, 0.25) is 0 Å². The molecule has 1 fully saturated rings. The zero-order chi connectivity index (χ0) is 12.5. The minimum atomic E-state index is -0.774. The maximum absolute atomic E-state index is 11.2. The third-order valence-corrected chi connectivity index (χ3v) is 4.94. The highest BCUT2D eigenvalue weighted by atomic mass is 79.9. The summed E-state index contributed by atoms with van der Waals surface area (Å²) < 4.78 is 0.330. The van der Waals surface area contributed by atoms with Gasteiger partial charge in [0.25, 0.3) is 0 Å². The molecule has 0 aliphatic heterocycles. The zero-order valence-electron chi connectivity index (χ0n) is 9.27. The number of hydrogen-bond donors (Lipinski definition) is 1. The topological polar surface area (TPSA) is 37.3 Å². The van der Waals surface area contributed by atoms with Gasteiger partial charge in [-0.15, -0.1) is 0 Å². The van der Waals surface area contributed by atoms with Crippen molar-refractivity contribution < 1.29 is 9.90 Å². The monoisotopic (exact) mass is 328 g/mol. The molecular weight excluding hydrogens is 315 g/mol. The summed E-state index contributed by atoms with van der Waals surface area (Å²) in [5.41, 5.74) is -0.203. The first-order valence-electron chi connectivity index (χ1n) is 5.35. The Balaban J connectivity index is 3.01. The lowest BCUT2D eigenvalue weighted by atomic mass is 9.92. The van der Waals surface area contributed by atoms with E-state index in [0.29, 0.717) is 8.97 Å². The van der Waals surface area contributed by atoms with Crippen LogP contribution >= 0.6 is 39.1 Å². The van der Waals surface area contributed by atoms with Crippen molar-refractivity contribution in [2.75, 3.05) is 0 Å². The average molecular weight is 330 g/mol. The van der Waals surface area contributed by atoms with Gasteiger partial charge in [-0.3, -0.25) is 4.79 Å². The molecule has 1 aliphatic carbocycles. The Labute approximate surface area is 114 Å². The van der Waals surface area contributed by atoms with E-state index in [4.69, 9.17) is 23.2 Å². The lowest BCUT2D eigenvalue weighted by Gasteiger charge is -2.13. The molecule has 92 valence electrons. The lowest BCUT2D eigenvalue weighted by molar-refractivity contribution is -0.139. The first-order valence-corrected chi connectivity index (χ1v) is 6.90. The van der Waals surface area contributed by atoms with E-state index in [-0.39, 0.29) is 11.3 Å². The van der Waals surface area contributed by atoms with Crippen LogP contribution in [0.5, 0.6) is 0 Å². The van der Waals surface area contributed by atoms with Gasteiger partial charge >= 0.3 is 5.97 Å². The van der Waals surface area contributed by atoms with Crippen LogP contribution in [0.1, 0.15) is 33.1 Å². The van der Waals surface area contributed by atoms with Gasteiger partial charge in [0.05, 0.1) is 9.86 Å². The van der Waals surface area contributed by atoms with E-state index in [1.165, 1.54) is 0 Å². The summed E-state index contributed by atoms with van der Waals surface area (Å²) in [5.74, 6) is -1.30. The fourth-order valence-electron chi connectivity index (χ4n) is 2.79. The molecule has 0 aromatic rings. The average Bonchev–Trinajstić information content (AvgIpc) is 2.87. The molecule has 0 bridgehead atoms. The molecule has 0 radical (unpaired) electrons. The molecule has 0 heterocycles. The van der Waals surface area contributed by atoms with Crippen LogP contribution in [-0.2, 0) is 4.79 Å². The van der Waals surface area contributed by atoms with Crippen LogP contribution in [0.4, 0.5) is 0 Å². The van der Waals surface area contributed by atoms with Crippen LogP contribution in [0.3, 0.4) is 0 Å². The summed E-state index contributed by atoms with van der Waals surface area (Å²) in [6.45, 7) is 4.07. The number of aliphatic carboxylic acids is 1. The van der Waals surface area contributed by atoms with E-state index in [9.17, 15) is 9.90 Å². The van der Waals surface area contributed by atoms with Gasteiger partial charge in [-0.05, 0) is 34.2 Å². The molecule has 0 saturated heterocycles. The smallest absolute Gasteiger partial charge is 0.307 e. The van der Waals surface area contributed by atoms with Crippen LogP contribution in [0, 0.1) is 17.3 Å². The fraction of sp³-hybridized carbons (Fsp3) is 0.727. The van der Waals surface area contributed by atoms with Crippen molar-refractivity contribution in [3.63, 3.8) is 0 Å². The summed E-state index contributed by atoms with van der Waals surface area (Å²) in [7, 11) is 0. The number of carboxylic acids is 1. The second-order valence-corrected chi connectivity index (χ2v) is 6.27. The van der Waals surface area contributed by atoms with Gasteiger partial charge in [-0.2, -0.15) is 0 Å². The van der Waals surface area contributed by atoms with Crippen LogP contribution < -0.4 is 0 Å². The third kappa shape index (κ3) is 2.27. The van der Waals surface area contributed by atoms with Crippen LogP contribution in [-0.4, -0.2) is 11.1 Å². The van der Waals surface area contributed by atoms with Crippen molar-refractivity contribution in [2.24, 2.45) is 17.3 Å². The van der Waals surface area contributed by atoms with Crippen molar-refractivity contribution in [2.45, 2.75) is 33.1 Å². The Morgan fingerprint density at radius 3 is 2.25 bits per heavy atom. The molecule has 0 aromatic carbocycles. The van der Waals surface area contributed by atoms with E-state index in [1.807, 2.05) is 6.92 Å². The highest BCUT2D eigenvalue weighted by Crippen LogP contribution is 2.68. The van der Waals surface area contributed by atoms with E-state index < -0.39 is 11.9 Å². The molecule has 1 aliphatic rings. The summed E-state index contributed by atoms with van der Waals surface area (Å²) in [4.78, 5) is 11.2. The summed E-state index contributed by atoms with van der Waals surface area (Å²) in [6, 6.07) is 0. The number of halogens is 3. The Bertz CT molecular complexity index is 326. The molecular formula is C11H15BrCl2O2. The SMILES string of the molecule is CCCC1(CC)C(C(=O)O)C1C(Cl)=C(Cl)Br. The van der Waals surface area contributed by atoms with Gasteiger partial charge in [-0.25, -0.2) is 0 Å². The Kier molecular flexibility index (Phi) is 4.73. The van der Waals surface area contributed by atoms with Crippen molar-refractivity contribution >= 4 is 45.1 Å². The quantitative estimate of drug-likeness (QED) is 0.803. The molecule has 5 heteroatoms. The van der Waals surface area contributed by atoms with Crippen molar-refractivity contribution in [1.82, 2.24) is 0 Å². The van der Waals surface area contributed by atoms with Crippen molar-refractivity contribution in [3.05, 3.63) is 8.97 Å². The maximum atomic E-state index is 11.2. The minimum Gasteiger partial charge on any atom is -0.481 e. The van der Waals surface area contributed by atoms with Gasteiger partial charge in [0.15, 0.2) is 0 Å². The van der Waals surface area contributed by atoms with Gasteiger partial charge in [-0.1, -0.05) is 43.5 Å². The summed E-state index contributed by atoms with van der Waals surface area (Å²) in [6.07, 6.45) is 2.65. The van der Waals surface area contributed by atoms with Crippen LogP contribution in [0.25, 0.3) is 0 Å². The zero-order valence-corrected chi connectivity index (χ0v) is 12.4. The molecule has 0 aromatic heterocycles. The number of carboxylic acid groups (broad SMARTS) is 1. The molecule has 0 spiro atoms. The summed E-state index contributed by atoms with van der Waals surface area (Å²) >= 11 is 15.0. The summed E-state index contributed by atoms with van der Waals surface area (Å²) in [5, 5.41) is 9.66. The molecule has 2 nitrogen and oxygen atoms in total. The Hall–Kier alpha value is 0.270. The molecule has 1 N–H and O–H groups in total. The van der Waals surface area contributed by atoms with Crippen molar-refractivity contribution in [1.29, 1.82) is 0 Å². The predicted octanol–water partition coefficient (Wildman–Crippen LogP) is 4.56. The largest absolute Gasteiger partial charge is 0.481 e. The number of carbonyl (C=O) groups is 1. The molecule has 3 unspecified atom stereocenters. The van der Waals surface area contributed by atoms with Gasteiger partial charge in [0.1, 0.15) is 0 Å². The van der Waals surface area contributed by atoms with E-state index in [1.54, 1.807) is 0 Å². The first-order chi connectivity index (χ1) is 7.42. The molecule has 1 saturated carbocycles. The maximum Gasteiger partial charge on any atom is 0.307 e. The van der Waals surface area contributed by atoms with Gasteiger partial charge < -0.3 is 5.11 Å². The third-order valence-electron chi connectivity index (χ3n) is 3.56. The number of rotatable bonds is 5. The highest BCUT2D eigenvalue weighted by molar-refractivity contribution is 9.12. The van der Waals surface area contributed by atoms with Crippen LogP contribution in [0.2, 0.25) is 0 Å². The van der Waals surface area contributed by atoms with Crippen molar-refractivity contribution in [3.8, 4) is 0 Å². The predicted molar refractivity (Wildman–Crippen MR) is 69.9 cm³/mol. The lowest BCUT2D eigenvalue weighted by Crippen LogP contribution is -2.09. The Morgan fingerprint density at radius 1 is 1.38 bits per heavy atom. The van der Waals surface area contributed by atoms with E-state index in [0.717, 1.165) is 19.3 Å². The number of hydrogen-bond acceptors (Lipinski definition) is 1. The highest BCUT2D eigenvalue weighted by Gasteiger charge is 2.67. The number of allylic oxidation sites excluding steroid dienone is 1. The standard InChI is InChI=1S/C11H15BrCl2O2/c1-3-5-11(4-2)6(7(11)10(15)16)8(13)9(12)14/h6-7H,3-5H2,1-2H3,(H,15,16). The second kappa shape index (κ2) is 5.28. The van der Waals surface area contributed by atoms with E-state index >= 15 is 0 Å². The van der Waals surface area contributed by atoms with E-state index in [2.05, 4.69) is 22.9 Å². The fourth-order valence-corrected chi connectivity index (χ4v) is 3.50. The minimum absolute atomic E-state index is 0.136. The second-order valence-electron chi connectivity index (χ2n) is 4.24.